The van der Waals surface area contributed by atoms with Crippen LogP contribution in [-0.4, -0.2) is 21.7 Å². The van der Waals surface area contributed by atoms with E-state index in [9.17, 15) is 4.79 Å². The van der Waals surface area contributed by atoms with Gasteiger partial charge in [0.25, 0.3) is 0 Å². The molecular weight excluding hydrogens is 192 g/mol. The summed E-state index contributed by atoms with van der Waals surface area (Å²) >= 11 is 5.65. The van der Waals surface area contributed by atoms with Crippen LogP contribution in [0.3, 0.4) is 0 Å². The molecule has 5 nitrogen and oxygen atoms in total. The minimum absolute atomic E-state index is 0.287. The molecule has 0 aliphatic rings. The van der Waals surface area contributed by atoms with Gasteiger partial charge >= 0.3 is 0 Å². The fourth-order valence-corrected chi connectivity index (χ4v) is 1.08. The van der Waals surface area contributed by atoms with Gasteiger partial charge in [0.05, 0.1) is 17.3 Å². The molecule has 13 heavy (non-hydrogen) atoms. The van der Waals surface area contributed by atoms with Gasteiger partial charge in [-0.05, 0) is 6.92 Å². The molecule has 0 radical (unpaired) electrons. The van der Waals surface area contributed by atoms with Crippen LogP contribution >= 0.6 is 11.6 Å². The Hall–Kier alpha value is -1.07. The Morgan fingerprint density at radius 1 is 1.77 bits per heavy atom. The summed E-state index contributed by atoms with van der Waals surface area (Å²) in [4.78, 5) is 10.7. The van der Waals surface area contributed by atoms with Gasteiger partial charge < -0.3 is 11.5 Å². The topological polar surface area (TPSA) is 86.9 Å². The third kappa shape index (κ3) is 2.19. The second kappa shape index (κ2) is 3.76. The lowest BCUT2D eigenvalue weighted by Gasteiger charge is -2.16. The normalized spacial score (nSPS) is 15.3. The maximum absolute atomic E-state index is 10.7. The third-order valence-corrected chi connectivity index (χ3v) is 2.03. The first-order chi connectivity index (χ1) is 6.02. The van der Waals surface area contributed by atoms with E-state index in [1.165, 1.54) is 10.9 Å². The molecule has 72 valence electrons. The van der Waals surface area contributed by atoms with Gasteiger partial charge in [0, 0.05) is 6.20 Å². The fraction of sp³-hybridized carbons (Fsp3) is 0.429. The summed E-state index contributed by atoms with van der Waals surface area (Å²) < 4.78 is 1.51. The zero-order valence-electron chi connectivity index (χ0n) is 7.14. The van der Waals surface area contributed by atoms with Gasteiger partial charge in [-0.15, -0.1) is 0 Å². The number of hydrogen-bond acceptors (Lipinski definition) is 3. The number of nitrogens with zero attached hydrogens (tertiary/aromatic N) is 2. The molecule has 0 saturated heterocycles. The summed E-state index contributed by atoms with van der Waals surface area (Å²) in [6.45, 7) is 1.75. The number of halogens is 1. The van der Waals surface area contributed by atoms with Crippen molar-refractivity contribution in [3.05, 3.63) is 17.4 Å². The maximum Gasteiger partial charge on any atom is 0.236 e. The molecule has 0 aliphatic carbocycles. The van der Waals surface area contributed by atoms with E-state index < -0.39 is 11.9 Å². The van der Waals surface area contributed by atoms with Crippen LogP contribution < -0.4 is 11.5 Å². The number of carbonyl (C=O) groups excluding carboxylic acids is 1. The lowest BCUT2D eigenvalue weighted by molar-refractivity contribution is -0.120. The number of hydrogen-bond donors (Lipinski definition) is 2. The van der Waals surface area contributed by atoms with Crippen LogP contribution in [0.5, 0.6) is 0 Å². The number of rotatable bonds is 3. The lowest BCUT2D eigenvalue weighted by Crippen LogP contribution is -2.42. The van der Waals surface area contributed by atoms with E-state index in [-0.39, 0.29) is 6.04 Å². The van der Waals surface area contributed by atoms with Crippen molar-refractivity contribution in [2.45, 2.75) is 19.0 Å². The van der Waals surface area contributed by atoms with Gasteiger partial charge in [-0.2, -0.15) is 5.10 Å². The summed E-state index contributed by atoms with van der Waals surface area (Å²) in [5.74, 6) is -0.556. The third-order valence-electron chi connectivity index (χ3n) is 1.84. The molecule has 0 spiro atoms. The zero-order chi connectivity index (χ0) is 10.0. The Kier molecular flexibility index (Phi) is 2.90. The van der Waals surface area contributed by atoms with Gasteiger partial charge in [0.1, 0.15) is 6.04 Å². The Bertz CT molecular complexity index is 311. The average molecular weight is 203 g/mol. The van der Waals surface area contributed by atoms with Crippen LogP contribution in [0.2, 0.25) is 5.02 Å². The van der Waals surface area contributed by atoms with Crippen molar-refractivity contribution in [2.24, 2.45) is 11.5 Å². The molecule has 0 aromatic carbocycles. The van der Waals surface area contributed by atoms with Gasteiger partial charge in [0.15, 0.2) is 0 Å². The van der Waals surface area contributed by atoms with Crippen LogP contribution in [0, 0.1) is 0 Å². The van der Waals surface area contributed by atoms with Crippen molar-refractivity contribution in [2.75, 3.05) is 0 Å². The van der Waals surface area contributed by atoms with Gasteiger partial charge in [-0.1, -0.05) is 11.6 Å². The maximum atomic E-state index is 10.7. The molecule has 2 atom stereocenters. The second-order valence-corrected chi connectivity index (χ2v) is 3.24. The summed E-state index contributed by atoms with van der Waals surface area (Å²) in [6, 6.07) is -1.04. The first-order valence-corrected chi connectivity index (χ1v) is 4.14. The lowest BCUT2D eigenvalue weighted by atomic mass is 10.1. The smallest absolute Gasteiger partial charge is 0.236 e. The second-order valence-electron chi connectivity index (χ2n) is 2.81. The van der Waals surface area contributed by atoms with Crippen molar-refractivity contribution in [1.82, 2.24) is 9.78 Å². The Balaban J connectivity index is 2.78. The van der Waals surface area contributed by atoms with E-state index in [0.29, 0.717) is 5.02 Å². The van der Waals surface area contributed by atoms with Gasteiger partial charge in [0.2, 0.25) is 5.91 Å². The quantitative estimate of drug-likeness (QED) is 0.718. The van der Waals surface area contributed by atoms with E-state index in [4.69, 9.17) is 23.1 Å². The Morgan fingerprint density at radius 3 is 2.77 bits per heavy atom. The fourth-order valence-electron chi connectivity index (χ4n) is 0.940. The molecule has 0 bridgehead atoms. The molecule has 2 unspecified atom stereocenters. The number of amides is 1. The van der Waals surface area contributed by atoms with Crippen molar-refractivity contribution < 1.29 is 4.79 Å². The largest absolute Gasteiger partial charge is 0.368 e. The molecular formula is C7H11ClN4O. The highest BCUT2D eigenvalue weighted by Gasteiger charge is 2.20. The van der Waals surface area contributed by atoms with Gasteiger partial charge in [-0.25, -0.2) is 0 Å². The number of nitrogens with two attached hydrogens (primary N) is 2. The van der Waals surface area contributed by atoms with Crippen molar-refractivity contribution in [3.63, 3.8) is 0 Å². The molecule has 0 fully saturated rings. The standard InChI is InChI=1S/C7H11ClN4O/c1-4(6(9)7(10)13)12-3-5(8)2-11-12/h2-4,6H,9H2,1H3,(H2,10,13). The highest BCUT2D eigenvalue weighted by atomic mass is 35.5. The molecule has 1 rings (SSSR count). The van der Waals surface area contributed by atoms with E-state index >= 15 is 0 Å². The summed E-state index contributed by atoms with van der Waals surface area (Å²) in [5.41, 5.74) is 10.6. The van der Waals surface area contributed by atoms with E-state index in [1.807, 2.05) is 0 Å². The van der Waals surface area contributed by atoms with E-state index in [2.05, 4.69) is 5.10 Å². The Morgan fingerprint density at radius 2 is 2.38 bits per heavy atom. The zero-order valence-corrected chi connectivity index (χ0v) is 7.90. The SMILES string of the molecule is CC(C(N)C(N)=O)n1cc(Cl)cn1. The summed E-state index contributed by atoms with van der Waals surface area (Å²) in [5, 5.41) is 4.42. The highest BCUT2D eigenvalue weighted by Crippen LogP contribution is 2.12. The van der Waals surface area contributed by atoms with Crippen LogP contribution in [-0.2, 0) is 4.79 Å². The molecule has 0 saturated carbocycles. The number of aromatic nitrogens is 2. The number of primary amides is 1. The molecule has 1 heterocycles. The first-order valence-electron chi connectivity index (χ1n) is 3.77. The summed E-state index contributed by atoms with van der Waals surface area (Å²) in [6.07, 6.45) is 3.07. The van der Waals surface area contributed by atoms with Crippen molar-refractivity contribution in [1.29, 1.82) is 0 Å². The van der Waals surface area contributed by atoms with Crippen LogP contribution in [0.15, 0.2) is 12.4 Å². The van der Waals surface area contributed by atoms with E-state index in [1.54, 1.807) is 13.1 Å². The predicted molar refractivity (Wildman–Crippen MR) is 49.1 cm³/mol. The average Bonchev–Trinajstić information content (AvgIpc) is 2.49. The van der Waals surface area contributed by atoms with Crippen LogP contribution in [0.25, 0.3) is 0 Å². The minimum atomic E-state index is -0.754. The molecule has 1 aromatic heterocycles. The minimum Gasteiger partial charge on any atom is -0.368 e. The van der Waals surface area contributed by atoms with E-state index in [0.717, 1.165) is 0 Å². The van der Waals surface area contributed by atoms with Crippen LogP contribution in [0.4, 0.5) is 0 Å². The van der Waals surface area contributed by atoms with Crippen LogP contribution in [0.1, 0.15) is 13.0 Å². The number of carbonyl (C=O) groups is 1. The molecule has 4 N–H and O–H groups in total. The molecule has 0 aliphatic heterocycles. The first kappa shape index (κ1) is 10.0. The van der Waals surface area contributed by atoms with Crippen molar-refractivity contribution >= 4 is 17.5 Å². The van der Waals surface area contributed by atoms with Gasteiger partial charge in [-0.3, -0.25) is 9.48 Å². The molecule has 1 aromatic rings. The predicted octanol–water partition coefficient (Wildman–Crippen LogP) is -0.0899. The molecule has 6 heteroatoms. The van der Waals surface area contributed by atoms with Crippen molar-refractivity contribution in [3.8, 4) is 0 Å². The monoisotopic (exact) mass is 202 g/mol. The summed E-state index contributed by atoms with van der Waals surface area (Å²) in [7, 11) is 0. The molecule has 1 amide bonds. The highest BCUT2D eigenvalue weighted by molar-refractivity contribution is 6.30. The Labute approximate surface area is 80.6 Å².